The fourth-order valence-corrected chi connectivity index (χ4v) is 2.04. The number of ether oxygens (including phenoxy) is 1. The molecule has 0 radical (unpaired) electrons. The lowest BCUT2D eigenvalue weighted by molar-refractivity contribution is -0.139. The van der Waals surface area contributed by atoms with Gasteiger partial charge in [-0.15, -0.1) is 11.3 Å². The topological polar surface area (TPSA) is 72.0 Å². The van der Waals surface area contributed by atoms with Crippen LogP contribution in [0.4, 0.5) is 13.2 Å². The zero-order valence-electron chi connectivity index (χ0n) is 10.1. The summed E-state index contributed by atoms with van der Waals surface area (Å²) in [6.07, 6.45) is -3.03. The molecule has 1 aromatic heterocycles. The summed E-state index contributed by atoms with van der Waals surface area (Å²) in [5.74, 6) is -0.736. The molecule has 0 saturated heterocycles. The van der Waals surface area contributed by atoms with Gasteiger partial charge >= 0.3 is 6.18 Å². The van der Waals surface area contributed by atoms with Gasteiger partial charge in [-0.25, -0.2) is 4.98 Å². The van der Waals surface area contributed by atoms with Gasteiger partial charge in [-0.3, -0.25) is 5.41 Å². The zero-order valence-corrected chi connectivity index (χ0v) is 10.9. The summed E-state index contributed by atoms with van der Waals surface area (Å²) in [5.41, 5.74) is 4.24. The number of amidine groups is 1. The summed E-state index contributed by atoms with van der Waals surface area (Å²) in [6, 6.07) is 3.28. The monoisotopic (exact) mass is 301 g/mol. The molecule has 8 heteroatoms. The van der Waals surface area contributed by atoms with E-state index in [1.165, 1.54) is 17.4 Å². The lowest BCUT2D eigenvalue weighted by atomic mass is 10.1. The average molecular weight is 301 g/mol. The molecular formula is C12H10F3N3OS. The molecule has 1 aromatic carbocycles. The molecule has 20 heavy (non-hydrogen) atoms. The number of hydrogen-bond donors (Lipinski definition) is 2. The lowest BCUT2D eigenvalue weighted by Crippen LogP contribution is -2.15. The Hall–Kier alpha value is -2.09. The van der Waals surface area contributed by atoms with Gasteiger partial charge in [0.05, 0.1) is 5.56 Å². The molecule has 0 amide bonds. The van der Waals surface area contributed by atoms with E-state index in [0.29, 0.717) is 5.01 Å². The van der Waals surface area contributed by atoms with Crippen molar-refractivity contribution < 1.29 is 17.9 Å². The highest BCUT2D eigenvalue weighted by Gasteiger charge is 2.35. The number of benzene rings is 1. The third-order valence-corrected chi connectivity index (χ3v) is 3.18. The summed E-state index contributed by atoms with van der Waals surface area (Å²) in [5, 5.41) is 9.47. The van der Waals surface area contributed by atoms with E-state index in [1.807, 2.05) is 0 Å². The van der Waals surface area contributed by atoms with Crippen molar-refractivity contribution in [1.29, 1.82) is 5.41 Å². The van der Waals surface area contributed by atoms with Gasteiger partial charge in [0, 0.05) is 17.1 Å². The van der Waals surface area contributed by atoms with Crippen molar-refractivity contribution >= 4 is 17.2 Å². The van der Waals surface area contributed by atoms with E-state index in [2.05, 4.69) is 4.98 Å². The fraction of sp³-hybridized carbons (Fsp3) is 0.167. The van der Waals surface area contributed by atoms with Crippen molar-refractivity contribution in [3.63, 3.8) is 0 Å². The van der Waals surface area contributed by atoms with Crippen molar-refractivity contribution in [2.75, 3.05) is 0 Å². The van der Waals surface area contributed by atoms with Gasteiger partial charge in [0.1, 0.15) is 23.2 Å². The van der Waals surface area contributed by atoms with E-state index in [1.54, 1.807) is 11.6 Å². The molecule has 0 fully saturated rings. The predicted octanol–water partition coefficient (Wildman–Crippen LogP) is 3.02. The molecule has 0 aliphatic rings. The second-order valence-corrected chi connectivity index (χ2v) is 4.82. The average Bonchev–Trinajstić information content (AvgIpc) is 2.88. The molecule has 0 unspecified atom stereocenters. The van der Waals surface area contributed by atoms with E-state index >= 15 is 0 Å². The van der Waals surface area contributed by atoms with E-state index in [0.717, 1.165) is 12.1 Å². The summed E-state index contributed by atoms with van der Waals surface area (Å²) in [4.78, 5) is 3.93. The van der Waals surface area contributed by atoms with Gasteiger partial charge in [-0.2, -0.15) is 13.2 Å². The molecule has 106 valence electrons. The molecule has 0 spiro atoms. The zero-order chi connectivity index (χ0) is 14.8. The van der Waals surface area contributed by atoms with E-state index in [9.17, 15) is 13.2 Å². The Labute approximate surface area is 116 Å². The number of hydrogen-bond acceptors (Lipinski definition) is 4. The third-order valence-electron chi connectivity index (χ3n) is 2.43. The van der Waals surface area contributed by atoms with Crippen LogP contribution < -0.4 is 10.5 Å². The Morgan fingerprint density at radius 3 is 2.70 bits per heavy atom. The number of aromatic nitrogens is 1. The van der Waals surface area contributed by atoms with Crippen molar-refractivity contribution in [3.05, 3.63) is 45.9 Å². The number of rotatable bonds is 4. The normalized spacial score (nSPS) is 11.3. The molecule has 2 rings (SSSR count). The van der Waals surface area contributed by atoms with Crippen LogP contribution in [0.1, 0.15) is 16.1 Å². The second-order valence-electron chi connectivity index (χ2n) is 3.84. The minimum atomic E-state index is -4.58. The number of alkyl halides is 3. The number of thiazole rings is 1. The molecule has 3 N–H and O–H groups in total. The third kappa shape index (κ3) is 3.27. The Morgan fingerprint density at radius 1 is 1.40 bits per heavy atom. The molecule has 0 atom stereocenters. The summed E-state index contributed by atoms with van der Waals surface area (Å²) >= 11 is 1.29. The van der Waals surface area contributed by atoms with Gasteiger partial charge in [0.25, 0.3) is 0 Å². The second kappa shape index (κ2) is 5.49. The van der Waals surface area contributed by atoms with Crippen LogP contribution in [0.5, 0.6) is 5.75 Å². The molecule has 0 saturated carbocycles. The lowest BCUT2D eigenvalue weighted by Gasteiger charge is -2.14. The minimum absolute atomic E-state index is 0.000997. The highest BCUT2D eigenvalue weighted by Crippen LogP contribution is 2.37. The Kier molecular flexibility index (Phi) is 3.93. The van der Waals surface area contributed by atoms with Crippen LogP contribution in [0, 0.1) is 5.41 Å². The molecule has 1 heterocycles. The quantitative estimate of drug-likeness (QED) is 0.673. The SMILES string of the molecule is N=C(N)c1ccc(OCc2nccs2)c(C(F)(F)F)c1. The first kappa shape index (κ1) is 14.3. The first-order chi connectivity index (χ1) is 9.38. The van der Waals surface area contributed by atoms with E-state index < -0.39 is 17.6 Å². The van der Waals surface area contributed by atoms with Crippen LogP contribution in [0.3, 0.4) is 0 Å². The molecule has 0 aliphatic carbocycles. The van der Waals surface area contributed by atoms with Crippen LogP contribution in [0.2, 0.25) is 0 Å². The number of nitrogens with one attached hydrogen (secondary N) is 1. The molecule has 4 nitrogen and oxygen atoms in total. The number of nitrogens with two attached hydrogens (primary N) is 1. The van der Waals surface area contributed by atoms with E-state index in [4.69, 9.17) is 15.9 Å². The van der Waals surface area contributed by atoms with Crippen LogP contribution in [0.25, 0.3) is 0 Å². The number of halogens is 3. The highest BCUT2D eigenvalue weighted by molar-refractivity contribution is 7.09. The molecule has 0 aliphatic heterocycles. The first-order valence-corrected chi connectivity index (χ1v) is 6.32. The van der Waals surface area contributed by atoms with Gasteiger partial charge in [0.15, 0.2) is 0 Å². The van der Waals surface area contributed by atoms with Crippen LogP contribution >= 0.6 is 11.3 Å². The highest BCUT2D eigenvalue weighted by atomic mass is 32.1. The maximum absolute atomic E-state index is 13.0. The smallest absolute Gasteiger partial charge is 0.419 e. The molecule has 2 aromatic rings. The van der Waals surface area contributed by atoms with Crippen molar-refractivity contribution in [2.45, 2.75) is 12.8 Å². The summed E-state index contributed by atoms with van der Waals surface area (Å²) in [6.45, 7) is -0.0415. The Balaban J connectivity index is 2.29. The van der Waals surface area contributed by atoms with Gasteiger partial charge in [0.2, 0.25) is 0 Å². The largest absolute Gasteiger partial charge is 0.486 e. The predicted molar refractivity (Wildman–Crippen MR) is 68.9 cm³/mol. The first-order valence-electron chi connectivity index (χ1n) is 5.44. The molecular weight excluding hydrogens is 291 g/mol. The van der Waals surface area contributed by atoms with E-state index in [-0.39, 0.29) is 17.9 Å². The van der Waals surface area contributed by atoms with Crippen molar-refractivity contribution in [1.82, 2.24) is 4.98 Å². The summed E-state index contributed by atoms with van der Waals surface area (Å²) in [7, 11) is 0. The van der Waals surface area contributed by atoms with Crippen LogP contribution in [-0.4, -0.2) is 10.8 Å². The van der Waals surface area contributed by atoms with Gasteiger partial charge < -0.3 is 10.5 Å². The maximum Gasteiger partial charge on any atom is 0.419 e. The van der Waals surface area contributed by atoms with Gasteiger partial charge in [-0.05, 0) is 18.2 Å². The van der Waals surface area contributed by atoms with Crippen LogP contribution in [-0.2, 0) is 12.8 Å². The fourth-order valence-electron chi connectivity index (χ4n) is 1.51. The van der Waals surface area contributed by atoms with Crippen LogP contribution in [0.15, 0.2) is 29.8 Å². The standard InChI is InChI=1S/C12H10F3N3OS/c13-12(14,15)8-5-7(11(16)17)1-2-9(8)19-6-10-18-3-4-20-10/h1-5H,6H2,(H3,16,17). The summed E-state index contributed by atoms with van der Waals surface area (Å²) < 4.78 is 44.0. The minimum Gasteiger partial charge on any atom is -0.486 e. The molecule has 0 bridgehead atoms. The maximum atomic E-state index is 13.0. The number of nitrogens with zero attached hydrogens (tertiary/aromatic N) is 1. The van der Waals surface area contributed by atoms with Crippen molar-refractivity contribution in [3.8, 4) is 5.75 Å². The van der Waals surface area contributed by atoms with Gasteiger partial charge in [-0.1, -0.05) is 0 Å². The van der Waals surface area contributed by atoms with Crippen molar-refractivity contribution in [2.24, 2.45) is 5.73 Å². The Bertz CT molecular complexity index is 611. The number of nitrogen functional groups attached to an aromatic ring is 1. The Morgan fingerprint density at radius 2 is 2.15 bits per heavy atom.